The molecule has 18 heavy (non-hydrogen) atoms. The molecule has 0 aliphatic heterocycles. The van der Waals surface area contributed by atoms with Crippen LogP contribution in [0.15, 0.2) is 53.0 Å². The van der Waals surface area contributed by atoms with Crippen LogP contribution in [0, 0.1) is 13.8 Å². The van der Waals surface area contributed by atoms with Gasteiger partial charge in [0.05, 0.1) is 11.7 Å². The first-order valence-electron chi connectivity index (χ1n) is 6.04. The average Bonchev–Trinajstić information content (AvgIpc) is 2.36. The van der Waals surface area contributed by atoms with E-state index in [0.717, 1.165) is 16.8 Å². The summed E-state index contributed by atoms with van der Waals surface area (Å²) in [4.78, 5) is 4.17. The molecule has 3 heteroatoms. The normalized spacial score (nSPS) is 12.8. The van der Waals surface area contributed by atoms with Gasteiger partial charge in [0.2, 0.25) is 0 Å². The Morgan fingerprint density at radius 1 is 1.06 bits per heavy atom. The zero-order chi connectivity index (χ0) is 13.0. The van der Waals surface area contributed by atoms with E-state index in [-0.39, 0.29) is 6.04 Å². The number of nitrogens with zero attached hydrogens (tertiary/aromatic N) is 3. The Bertz CT molecular complexity index is 561. The second-order valence-electron chi connectivity index (χ2n) is 4.53. The quantitative estimate of drug-likeness (QED) is 0.724. The first kappa shape index (κ1) is 12.4. The smallest absolute Gasteiger partial charge is 0.0948 e. The van der Waals surface area contributed by atoms with Gasteiger partial charge in [-0.05, 0) is 49.6 Å². The molecule has 0 saturated heterocycles. The zero-order valence-electron chi connectivity index (χ0n) is 11.0. The van der Waals surface area contributed by atoms with Crippen LogP contribution in [0.5, 0.6) is 0 Å². The van der Waals surface area contributed by atoms with Crippen molar-refractivity contribution in [3.63, 3.8) is 0 Å². The molecular weight excluding hydrogens is 222 g/mol. The summed E-state index contributed by atoms with van der Waals surface area (Å²) in [6.45, 7) is 6.10. The number of benzene rings is 1. The lowest BCUT2D eigenvalue weighted by Crippen LogP contribution is -1.90. The first-order valence-corrected chi connectivity index (χ1v) is 6.04. The van der Waals surface area contributed by atoms with E-state index in [9.17, 15) is 0 Å². The topological polar surface area (TPSA) is 37.6 Å². The van der Waals surface area contributed by atoms with Crippen LogP contribution in [0.25, 0.3) is 0 Å². The maximum Gasteiger partial charge on any atom is 0.0948 e. The van der Waals surface area contributed by atoms with Crippen molar-refractivity contribution in [2.24, 2.45) is 10.2 Å². The van der Waals surface area contributed by atoms with Gasteiger partial charge in [0.15, 0.2) is 0 Å². The molecule has 1 aromatic heterocycles. The Hall–Kier alpha value is -2.03. The van der Waals surface area contributed by atoms with E-state index in [4.69, 9.17) is 0 Å². The minimum Gasteiger partial charge on any atom is -0.264 e. The number of pyridine rings is 1. The minimum absolute atomic E-state index is 0.0258. The van der Waals surface area contributed by atoms with Crippen molar-refractivity contribution in [1.29, 1.82) is 0 Å². The van der Waals surface area contributed by atoms with Crippen LogP contribution in [0.4, 0.5) is 5.69 Å². The van der Waals surface area contributed by atoms with Crippen LogP contribution in [0.2, 0.25) is 0 Å². The summed E-state index contributed by atoms with van der Waals surface area (Å²) < 4.78 is 0. The lowest BCUT2D eigenvalue weighted by Gasteiger charge is -2.05. The van der Waals surface area contributed by atoms with Crippen LogP contribution in [0.1, 0.15) is 29.7 Å². The van der Waals surface area contributed by atoms with Gasteiger partial charge >= 0.3 is 0 Å². The van der Waals surface area contributed by atoms with Crippen molar-refractivity contribution in [3.05, 3.63) is 59.4 Å². The van der Waals surface area contributed by atoms with E-state index in [0.29, 0.717) is 0 Å². The van der Waals surface area contributed by atoms with Gasteiger partial charge in [-0.25, -0.2) is 0 Å². The Kier molecular flexibility index (Phi) is 3.82. The fourth-order valence-electron chi connectivity index (χ4n) is 1.72. The summed E-state index contributed by atoms with van der Waals surface area (Å²) in [6.07, 6.45) is 3.68. The van der Waals surface area contributed by atoms with Crippen molar-refractivity contribution in [2.75, 3.05) is 0 Å². The standard InChI is InChI=1S/C15H17N3/c1-11-5-4-6-15(8-11)18-17-13(3)14-7-12(2)9-16-10-14/h4-10,13H,1-3H3. The summed E-state index contributed by atoms with van der Waals surface area (Å²) in [5.41, 5.74) is 4.32. The number of hydrogen-bond donors (Lipinski definition) is 0. The molecule has 0 saturated carbocycles. The van der Waals surface area contributed by atoms with Crippen molar-refractivity contribution in [1.82, 2.24) is 4.98 Å². The molecule has 0 aliphatic rings. The highest BCUT2D eigenvalue weighted by Gasteiger charge is 2.03. The molecule has 0 radical (unpaired) electrons. The molecular formula is C15H17N3. The molecule has 0 aliphatic carbocycles. The molecule has 1 aromatic carbocycles. The number of hydrogen-bond acceptors (Lipinski definition) is 3. The number of rotatable bonds is 3. The monoisotopic (exact) mass is 239 g/mol. The van der Waals surface area contributed by atoms with Gasteiger partial charge in [-0.2, -0.15) is 10.2 Å². The van der Waals surface area contributed by atoms with Crippen LogP contribution in [-0.4, -0.2) is 4.98 Å². The highest BCUT2D eigenvalue weighted by atomic mass is 15.1. The van der Waals surface area contributed by atoms with E-state index < -0.39 is 0 Å². The SMILES string of the molecule is Cc1cccc(N=NC(C)c2cncc(C)c2)c1. The average molecular weight is 239 g/mol. The molecule has 92 valence electrons. The molecule has 0 fully saturated rings. The molecule has 0 amide bonds. The summed E-state index contributed by atoms with van der Waals surface area (Å²) in [5, 5.41) is 8.60. The Labute approximate surface area is 108 Å². The molecule has 3 nitrogen and oxygen atoms in total. The number of aromatic nitrogens is 1. The first-order chi connectivity index (χ1) is 8.65. The second kappa shape index (κ2) is 5.54. The molecule has 0 N–H and O–H groups in total. The van der Waals surface area contributed by atoms with E-state index in [1.165, 1.54) is 5.56 Å². The Morgan fingerprint density at radius 3 is 2.61 bits per heavy atom. The van der Waals surface area contributed by atoms with Gasteiger partial charge < -0.3 is 0 Å². The lowest BCUT2D eigenvalue weighted by molar-refractivity contribution is 0.758. The third kappa shape index (κ3) is 3.23. The van der Waals surface area contributed by atoms with E-state index in [2.05, 4.69) is 21.3 Å². The fraction of sp³-hybridized carbons (Fsp3) is 0.267. The summed E-state index contributed by atoms with van der Waals surface area (Å²) in [6, 6.07) is 10.1. The Balaban J connectivity index is 2.14. The van der Waals surface area contributed by atoms with Crippen molar-refractivity contribution < 1.29 is 0 Å². The van der Waals surface area contributed by atoms with Gasteiger partial charge in [0, 0.05) is 12.4 Å². The van der Waals surface area contributed by atoms with E-state index in [1.54, 1.807) is 0 Å². The summed E-state index contributed by atoms with van der Waals surface area (Å²) in [5.74, 6) is 0. The zero-order valence-corrected chi connectivity index (χ0v) is 11.0. The van der Waals surface area contributed by atoms with Gasteiger partial charge in [-0.15, -0.1) is 0 Å². The van der Waals surface area contributed by atoms with Crippen molar-refractivity contribution in [2.45, 2.75) is 26.8 Å². The molecule has 1 atom stereocenters. The predicted octanol–water partition coefficient (Wildman–Crippen LogP) is 4.54. The van der Waals surface area contributed by atoms with Gasteiger partial charge in [-0.1, -0.05) is 18.2 Å². The van der Waals surface area contributed by atoms with E-state index >= 15 is 0 Å². The minimum atomic E-state index is 0.0258. The van der Waals surface area contributed by atoms with Crippen LogP contribution >= 0.6 is 0 Å². The third-order valence-corrected chi connectivity index (χ3v) is 2.73. The summed E-state index contributed by atoms with van der Waals surface area (Å²) >= 11 is 0. The van der Waals surface area contributed by atoms with Crippen LogP contribution in [0.3, 0.4) is 0 Å². The van der Waals surface area contributed by atoms with Gasteiger partial charge in [0.25, 0.3) is 0 Å². The highest BCUT2D eigenvalue weighted by Crippen LogP contribution is 2.20. The second-order valence-corrected chi connectivity index (χ2v) is 4.53. The maximum atomic E-state index is 4.33. The highest BCUT2D eigenvalue weighted by molar-refractivity contribution is 5.38. The van der Waals surface area contributed by atoms with Crippen LogP contribution in [-0.2, 0) is 0 Å². The molecule has 0 bridgehead atoms. The molecule has 2 aromatic rings. The van der Waals surface area contributed by atoms with E-state index in [1.807, 2.05) is 57.4 Å². The summed E-state index contributed by atoms with van der Waals surface area (Å²) in [7, 11) is 0. The van der Waals surface area contributed by atoms with Crippen molar-refractivity contribution >= 4 is 5.69 Å². The molecule has 1 heterocycles. The maximum absolute atomic E-state index is 4.33. The number of azo groups is 1. The predicted molar refractivity (Wildman–Crippen MR) is 73.1 cm³/mol. The largest absolute Gasteiger partial charge is 0.264 e. The number of aryl methyl sites for hydroxylation is 2. The molecule has 1 unspecified atom stereocenters. The Morgan fingerprint density at radius 2 is 1.89 bits per heavy atom. The van der Waals surface area contributed by atoms with Gasteiger partial charge in [0.1, 0.15) is 0 Å². The molecule has 2 rings (SSSR count). The fourth-order valence-corrected chi connectivity index (χ4v) is 1.72. The third-order valence-electron chi connectivity index (χ3n) is 2.73. The molecule has 0 spiro atoms. The van der Waals surface area contributed by atoms with Crippen LogP contribution < -0.4 is 0 Å². The van der Waals surface area contributed by atoms with Gasteiger partial charge in [-0.3, -0.25) is 4.98 Å². The van der Waals surface area contributed by atoms with Crippen molar-refractivity contribution in [3.8, 4) is 0 Å². The lowest BCUT2D eigenvalue weighted by atomic mass is 10.1.